The van der Waals surface area contributed by atoms with E-state index in [1.54, 1.807) is 0 Å². The molecule has 1 fully saturated rings. The van der Waals surface area contributed by atoms with Crippen LogP contribution < -0.4 is 15.4 Å². The van der Waals surface area contributed by atoms with E-state index in [9.17, 15) is 19.9 Å². The minimum atomic E-state index is -2.52. The zero-order valence-electron chi connectivity index (χ0n) is 19.8. The molecule has 0 aromatic carbocycles. The molecule has 2 aromatic rings. The van der Waals surface area contributed by atoms with Crippen molar-refractivity contribution in [1.82, 2.24) is 24.4 Å². The van der Waals surface area contributed by atoms with Gasteiger partial charge in [0, 0.05) is 4.83 Å². The predicted octanol–water partition coefficient (Wildman–Crippen LogP) is -0.211. The third-order valence-corrected chi connectivity index (χ3v) is 6.76. The second kappa shape index (κ2) is 11.0. The van der Waals surface area contributed by atoms with Gasteiger partial charge in [-0.15, -0.1) is 0 Å². The largest absolute Gasteiger partial charge is 0.593 e. The summed E-state index contributed by atoms with van der Waals surface area (Å²) in [5, 5.41) is 30.9. The van der Waals surface area contributed by atoms with E-state index in [0.29, 0.717) is 6.42 Å². The second-order valence-corrected chi connectivity index (χ2v) is 9.40. The highest BCUT2D eigenvalue weighted by atomic mass is 31.1. The van der Waals surface area contributed by atoms with E-state index in [-0.39, 0.29) is 36.1 Å². The van der Waals surface area contributed by atoms with Gasteiger partial charge in [-0.3, -0.25) is 9.40 Å². The van der Waals surface area contributed by atoms with Crippen molar-refractivity contribution in [3.05, 3.63) is 6.33 Å². The first kappa shape index (κ1) is 27.1. The lowest BCUT2D eigenvalue weighted by atomic mass is 9.96. The van der Waals surface area contributed by atoms with Gasteiger partial charge in [-0.2, -0.15) is 9.97 Å². The molecule has 0 aliphatic carbocycles. The van der Waals surface area contributed by atoms with Crippen LogP contribution in [0.1, 0.15) is 39.8 Å². The van der Waals surface area contributed by atoms with Crippen LogP contribution >= 0.6 is 8.09 Å². The topological polar surface area (TPSA) is 214 Å². The summed E-state index contributed by atoms with van der Waals surface area (Å²) in [6, 6.07) is -1.19. The molecule has 0 spiro atoms. The Balaban J connectivity index is 1.82. The first-order valence-electron chi connectivity index (χ1n) is 10.9. The number of rotatable bonds is 11. The van der Waals surface area contributed by atoms with Crippen molar-refractivity contribution >= 4 is 31.2 Å². The van der Waals surface area contributed by atoms with Crippen molar-refractivity contribution in [1.29, 1.82) is 0 Å². The van der Waals surface area contributed by atoms with Crippen molar-refractivity contribution < 1.29 is 39.3 Å². The number of nitrogens with zero attached hydrogens (tertiary/aromatic N) is 6. The molecule has 0 radical (unpaired) electrons. The van der Waals surface area contributed by atoms with Gasteiger partial charge in [0.2, 0.25) is 11.8 Å². The number of ether oxygens (including phenoxy) is 2. The molecule has 5 N–H and O–H groups in total. The summed E-state index contributed by atoms with van der Waals surface area (Å²) in [5.41, 5.74) is 4.47. The number of carbonyl (C=O) groups is 1. The number of aliphatic carboxylic acids is 1. The Kier molecular flexibility index (Phi) is 8.54. The average molecular weight is 515 g/mol. The number of hydrogen-bond donors (Lipinski definition) is 4. The zero-order chi connectivity index (χ0) is 25.9. The van der Waals surface area contributed by atoms with Crippen LogP contribution in [0.2, 0.25) is 0 Å². The number of carboxylic acid groups (broad SMARTS) is 1. The molecule has 194 valence electrons. The van der Waals surface area contributed by atoms with Crippen molar-refractivity contribution in [2.24, 2.45) is 4.74 Å². The number of aliphatic hydroxyl groups is 2. The smallest absolute Gasteiger partial charge is 0.332 e. The number of aromatic nitrogens is 4. The standard InChI is InChI=1S/C19H30N7O8P/c1-5-6-7-26(35(31)24-10(2)16(28)29)33-8-11-13(27)19(3,30)17(34-11)25-9-21-12-14(25)22-18(20)23-15(12)32-4/h9-11,13,17,27,30H,5-8H2,1-4H3,(H,28,29)(H2,20,22,23)/t10?,11-,13-,17-,19-/m1/s1. The molecule has 0 amide bonds. The number of nitrogens with two attached hydrogens (primary N) is 1. The average Bonchev–Trinajstić information content (AvgIpc) is 3.31. The predicted molar refractivity (Wildman–Crippen MR) is 121 cm³/mol. The Labute approximate surface area is 202 Å². The molecule has 0 bridgehead atoms. The zero-order valence-corrected chi connectivity index (χ0v) is 20.7. The summed E-state index contributed by atoms with van der Waals surface area (Å²) >= 11 is 0. The van der Waals surface area contributed by atoms with Crippen LogP contribution in [0.25, 0.3) is 11.2 Å². The normalized spacial score (nSPS) is 25.9. The molecular weight excluding hydrogens is 485 g/mol. The molecule has 1 saturated heterocycles. The Morgan fingerprint density at radius 3 is 2.86 bits per heavy atom. The minimum Gasteiger partial charge on any atom is -0.593 e. The quantitative estimate of drug-likeness (QED) is 0.225. The lowest BCUT2D eigenvalue weighted by Crippen LogP contribution is -2.44. The molecule has 3 rings (SSSR count). The summed E-state index contributed by atoms with van der Waals surface area (Å²) in [6.07, 6.45) is -0.864. The molecular formula is C19H30N7O8P. The van der Waals surface area contributed by atoms with Crippen LogP contribution in [0.4, 0.5) is 5.95 Å². The van der Waals surface area contributed by atoms with Crippen molar-refractivity contribution in [3.63, 3.8) is 0 Å². The number of anilines is 1. The summed E-state index contributed by atoms with van der Waals surface area (Å²) < 4.78 is 16.2. The molecule has 16 heteroatoms. The molecule has 1 aliphatic rings. The Bertz CT molecular complexity index is 1080. The number of unbranched alkanes of at least 4 members (excludes halogenated alkanes) is 1. The Morgan fingerprint density at radius 2 is 2.23 bits per heavy atom. The summed E-state index contributed by atoms with van der Waals surface area (Å²) in [7, 11) is -1.12. The van der Waals surface area contributed by atoms with E-state index >= 15 is 0 Å². The van der Waals surface area contributed by atoms with Gasteiger partial charge in [0.1, 0.15) is 24.4 Å². The molecule has 6 atom stereocenters. The number of carboxylic acids is 1. The van der Waals surface area contributed by atoms with E-state index in [2.05, 4.69) is 19.7 Å². The highest BCUT2D eigenvalue weighted by Gasteiger charge is 2.54. The molecule has 1 aliphatic heterocycles. The number of imidazole rings is 1. The molecule has 35 heavy (non-hydrogen) atoms. The SMILES string of the molecule is CCCCN(OC[C@H]1O[C@@H](n2cnc3c(OC)nc(N)nc32)[C@](C)(O)[C@@H]1O)/[P+]([O-])=N/C(C)C(=O)O. The number of hydrogen-bond acceptors (Lipinski definition) is 12. The maximum atomic E-state index is 12.6. The van der Waals surface area contributed by atoms with Gasteiger partial charge in [0.25, 0.3) is 8.09 Å². The number of nitrogen functional groups attached to an aromatic ring is 1. The lowest BCUT2D eigenvalue weighted by molar-refractivity contribution is -0.211. The van der Waals surface area contributed by atoms with Crippen LogP contribution in [0.15, 0.2) is 11.1 Å². The minimum absolute atomic E-state index is 0.0797. The third kappa shape index (κ3) is 5.67. The van der Waals surface area contributed by atoms with Crippen LogP contribution in [-0.4, -0.2) is 89.8 Å². The van der Waals surface area contributed by atoms with Gasteiger partial charge in [-0.1, -0.05) is 18.1 Å². The van der Waals surface area contributed by atoms with Gasteiger partial charge in [0.05, 0.1) is 20.0 Å². The van der Waals surface area contributed by atoms with Gasteiger partial charge in [-0.05, 0) is 20.3 Å². The summed E-state index contributed by atoms with van der Waals surface area (Å²) in [6.45, 7) is 4.54. The fraction of sp³-hybridized carbons (Fsp3) is 0.684. The maximum Gasteiger partial charge on any atom is 0.332 e. The highest BCUT2D eigenvalue weighted by molar-refractivity contribution is 7.36. The summed E-state index contributed by atoms with van der Waals surface area (Å²) in [4.78, 5) is 42.7. The third-order valence-electron chi connectivity index (χ3n) is 5.52. The number of hydroxylamine groups is 1. The van der Waals surface area contributed by atoms with Crippen LogP contribution in [-0.2, 0) is 14.4 Å². The first-order chi connectivity index (χ1) is 16.5. The van der Waals surface area contributed by atoms with Gasteiger partial charge in [-0.25, -0.2) is 9.78 Å². The highest BCUT2D eigenvalue weighted by Crippen LogP contribution is 2.40. The fourth-order valence-corrected chi connectivity index (χ4v) is 4.49. The molecule has 2 unspecified atom stereocenters. The van der Waals surface area contributed by atoms with E-state index in [1.165, 1.54) is 31.9 Å². The van der Waals surface area contributed by atoms with E-state index in [1.807, 2.05) is 6.92 Å². The molecule has 3 heterocycles. The van der Waals surface area contributed by atoms with Crippen LogP contribution in [0, 0.1) is 0 Å². The van der Waals surface area contributed by atoms with Crippen molar-refractivity contribution in [3.8, 4) is 5.88 Å². The maximum absolute atomic E-state index is 12.6. The van der Waals surface area contributed by atoms with Crippen LogP contribution in [0.3, 0.4) is 0 Å². The number of aliphatic hydroxyl groups excluding tert-OH is 1. The lowest BCUT2D eigenvalue weighted by Gasteiger charge is -2.27. The molecule has 2 aromatic heterocycles. The van der Waals surface area contributed by atoms with Crippen molar-refractivity contribution in [2.75, 3.05) is 26.0 Å². The van der Waals surface area contributed by atoms with Gasteiger partial charge >= 0.3 is 5.97 Å². The van der Waals surface area contributed by atoms with Gasteiger partial charge < -0.3 is 35.4 Å². The summed E-state index contributed by atoms with van der Waals surface area (Å²) in [5.74, 6) is -1.16. The van der Waals surface area contributed by atoms with E-state index in [4.69, 9.17) is 25.2 Å². The van der Waals surface area contributed by atoms with Crippen LogP contribution in [0.5, 0.6) is 5.88 Å². The van der Waals surface area contributed by atoms with Gasteiger partial charge in [0.15, 0.2) is 23.4 Å². The molecule has 0 saturated carbocycles. The Morgan fingerprint density at radius 1 is 1.51 bits per heavy atom. The fourth-order valence-electron chi connectivity index (χ4n) is 3.51. The number of fused-ring (bicyclic) bond motifs is 1. The second-order valence-electron chi connectivity index (χ2n) is 8.22. The van der Waals surface area contributed by atoms with E-state index in [0.717, 1.165) is 11.3 Å². The first-order valence-corrected chi connectivity index (χ1v) is 12.1. The van der Waals surface area contributed by atoms with E-state index < -0.39 is 44.1 Å². The number of methoxy groups -OCH3 is 1. The molecule has 15 nitrogen and oxygen atoms in total. The Hall–Kier alpha value is -2.52. The van der Waals surface area contributed by atoms with Crippen molar-refractivity contribution in [2.45, 2.75) is 63.7 Å². The monoisotopic (exact) mass is 515 g/mol.